The Hall–Kier alpha value is -2.53. The van der Waals surface area contributed by atoms with Crippen LogP contribution in [-0.2, 0) is 0 Å². The van der Waals surface area contributed by atoms with Crippen molar-refractivity contribution in [3.63, 3.8) is 0 Å². The van der Waals surface area contributed by atoms with E-state index in [0.717, 1.165) is 50.3 Å². The lowest BCUT2D eigenvalue weighted by Gasteiger charge is -2.11. The summed E-state index contributed by atoms with van der Waals surface area (Å²) in [6.07, 6.45) is 4.40. The SMILES string of the molecule is C=C(NCCCCCCNC(=S)Oc1ccccc1)Oc1ccccc1. The lowest BCUT2D eigenvalue weighted by atomic mass is 10.2. The Morgan fingerprint density at radius 2 is 1.23 bits per heavy atom. The highest BCUT2D eigenvalue weighted by Crippen LogP contribution is 2.11. The second kappa shape index (κ2) is 11.9. The molecule has 138 valence electrons. The molecule has 0 unspecified atom stereocenters. The molecule has 0 atom stereocenters. The van der Waals surface area contributed by atoms with Gasteiger partial charge in [0.1, 0.15) is 11.5 Å². The average molecular weight is 371 g/mol. The fourth-order valence-electron chi connectivity index (χ4n) is 2.32. The zero-order valence-corrected chi connectivity index (χ0v) is 15.8. The summed E-state index contributed by atoms with van der Waals surface area (Å²) in [7, 11) is 0. The van der Waals surface area contributed by atoms with Crippen LogP contribution in [0.15, 0.2) is 73.1 Å². The molecule has 0 aromatic heterocycles. The van der Waals surface area contributed by atoms with Gasteiger partial charge >= 0.3 is 0 Å². The van der Waals surface area contributed by atoms with E-state index in [9.17, 15) is 0 Å². The van der Waals surface area contributed by atoms with Crippen molar-refractivity contribution in [3.8, 4) is 11.5 Å². The Kier molecular flexibility index (Phi) is 9.08. The van der Waals surface area contributed by atoms with Gasteiger partial charge in [-0.2, -0.15) is 0 Å². The third-order valence-corrected chi connectivity index (χ3v) is 3.86. The van der Waals surface area contributed by atoms with Crippen LogP contribution in [0.1, 0.15) is 25.7 Å². The standard InChI is InChI=1S/C21H26N2O2S/c1-18(24-19-12-6-4-7-13-19)22-16-10-2-3-11-17-23-21(26)25-20-14-8-5-9-15-20/h4-9,12-15,22H,1-3,10-11,16-17H2,(H,23,26). The first-order valence-electron chi connectivity index (χ1n) is 8.90. The molecule has 5 heteroatoms. The predicted molar refractivity (Wildman–Crippen MR) is 110 cm³/mol. The Morgan fingerprint density at radius 1 is 0.731 bits per heavy atom. The van der Waals surface area contributed by atoms with E-state index in [1.165, 1.54) is 0 Å². The number of nitrogens with one attached hydrogen (secondary N) is 2. The van der Waals surface area contributed by atoms with Gasteiger partial charge in [-0.25, -0.2) is 0 Å². The van der Waals surface area contributed by atoms with Crippen molar-refractivity contribution < 1.29 is 9.47 Å². The van der Waals surface area contributed by atoms with Crippen LogP contribution in [-0.4, -0.2) is 18.3 Å². The van der Waals surface area contributed by atoms with Crippen molar-refractivity contribution in [2.75, 3.05) is 13.1 Å². The Bertz CT molecular complexity index is 603. The second-order valence-corrected chi connectivity index (χ2v) is 6.18. The van der Waals surface area contributed by atoms with E-state index in [0.29, 0.717) is 11.1 Å². The lowest BCUT2D eigenvalue weighted by Crippen LogP contribution is -2.27. The molecule has 2 aromatic carbocycles. The molecule has 0 bridgehead atoms. The van der Waals surface area contributed by atoms with E-state index in [1.807, 2.05) is 60.7 Å². The summed E-state index contributed by atoms with van der Waals surface area (Å²) in [5.41, 5.74) is 0. The molecule has 2 N–H and O–H groups in total. The number of rotatable bonds is 11. The zero-order valence-electron chi connectivity index (χ0n) is 14.9. The van der Waals surface area contributed by atoms with Crippen molar-refractivity contribution in [3.05, 3.63) is 73.1 Å². The normalized spacial score (nSPS) is 10.0. The van der Waals surface area contributed by atoms with Crippen molar-refractivity contribution in [1.82, 2.24) is 10.6 Å². The quantitative estimate of drug-likeness (QED) is 0.343. The maximum Gasteiger partial charge on any atom is 0.262 e. The first-order valence-corrected chi connectivity index (χ1v) is 9.31. The van der Waals surface area contributed by atoms with Crippen LogP contribution in [0.3, 0.4) is 0 Å². The minimum Gasteiger partial charge on any atom is -0.442 e. The van der Waals surface area contributed by atoms with Gasteiger partial charge in [-0.15, -0.1) is 0 Å². The lowest BCUT2D eigenvalue weighted by molar-refractivity contribution is 0.380. The summed E-state index contributed by atoms with van der Waals surface area (Å²) < 4.78 is 11.1. The van der Waals surface area contributed by atoms with Crippen LogP contribution in [0, 0.1) is 0 Å². The van der Waals surface area contributed by atoms with E-state index < -0.39 is 0 Å². The molecule has 0 fully saturated rings. The number of hydrogen-bond acceptors (Lipinski definition) is 4. The van der Waals surface area contributed by atoms with Crippen LogP contribution in [0.4, 0.5) is 0 Å². The summed E-state index contributed by atoms with van der Waals surface area (Å²) in [4.78, 5) is 0. The zero-order chi connectivity index (χ0) is 18.5. The number of hydrogen-bond donors (Lipinski definition) is 2. The van der Waals surface area contributed by atoms with Crippen molar-refractivity contribution in [2.45, 2.75) is 25.7 Å². The van der Waals surface area contributed by atoms with E-state index in [4.69, 9.17) is 21.7 Å². The largest absolute Gasteiger partial charge is 0.442 e. The monoisotopic (exact) mass is 370 g/mol. The van der Waals surface area contributed by atoms with Crippen LogP contribution >= 0.6 is 12.2 Å². The van der Waals surface area contributed by atoms with E-state index in [1.54, 1.807) is 0 Å². The molecule has 0 heterocycles. The molecule has 0 spiro atoms. The molecule has 0 aliphatic rings. The smallest absolute Gasteiger partial charge is 0.262 e. The fourth-order valence-corrected chi connectivity index (χ4v) is 2.52. The summed E-state index contributed by atoms with van der Waals surface area (Å²) in [5, 5.41) is 6.74. The van der Waals surface area contributed by atoms with Crippen LogP contribution in [0.25, 0.3) is 0 Å². The third-order valence-electron chi connectivity index (χ3n) is 3.63. The highest BCUT2D eigenvalue weighted by molar-refractivity contribution is 7.80. The molecule has 2 rings (SSSR count). The van der Waals surface area contributed by atoms with Gasteiger partial charge < -0.3 is 20.1 Å². The molecule has 0 aliphatic heterocycles. The fraction of sp³-hybridized carbons (Fsp3) is 0.286. The maximum absolute atomic E-state index is 5.59. The van der Waals surface area contributed by atoms with Gasteiger partial charge in [0.05, 0.1) is 0 Å². The first kappa shape index (κ1) is 19.8. The number of para-hydroxylation sites is 2. The highest BCUT2D eigenvalue weighted by atomic mass is 32.1. The first-order chi connectivity index (χ1) is 12.7. The van der Waals surface area contributed by atoms with E-state index in [-0.39, 0.29) is 0 Å². The van der Waals surface area contributed by atoms with Gasteiger partial charge in [0.25, 0.3) is 5.17 Å². The number of ether oxygens (including phenoxy) is 2. The van der Waals surface area contributed by atoms with Gasteiger partial charge in [-0.05, 0) is 55.9 Å². The molecule has 0 aliphatic carbocycles. The van der Waals surface area contributed by atoms with Crippen molar-refractivity contribution in [2.24, 2.45) is 0 Å². The summed E-state index contributed by atoms with van der Waals surface area (Å²) in [5.74, 6) is 2.14. The Labute approximate surface area is 161 Å². The molecule has 0 saturated heterocycles. The van der Waals surface area contributed by atoms with Gasteiger partial charge in [-0.3, -0.25) is 0 Å². The molecule has 26 heavy (non-hydrogen) atoms. The van der Waals surface area contributed by atoms with Gasteiger partial charge in [0.15, 0.2) is 5.88 Å². The molecule has 0 radical (unpaired) electrons. The topological polar surface area (TPSA) is 42.5 Å². The van der Waals surface area contributed by atoms with Crippen molar-refractivity contribution in [1.29, 1.82) is 0 Å². The number of unbranched alkanes of at least 4 members (excludes halogenated alkanes) is 3. The predicted octanol–water partition coefficient (Wildman–Crippen LogP) is 4.64. The molecule has 4 nitrogen and oxygen atoms in total. The Morgan fingerprint density at radius 3 is 1.81 bits per heavy atom. The summed E-state index contributed by atoms with van der Waals surface area (Å²) >= 11 is 5.17. The number of benzene rings is 2. The summed E-state index contributed by atoms with van der Waals surface area (Å²) in [6, 6.07) is 19.2. The maximum atomic E-state index is 5.59. The average Bonchev–Trinajstić information content (AvgIpc) is 2.65. The van der Waals surface area contributed by atoms with Gasteiger partial charge in [0.2, 0.25) is 0 Å². The van der Waals surface area contributed by atoms with Crippen LogP contribution < -0.4 is 20.1 Å². The van der Waals surface area contributed by atoms with Crippen LogP contribution in [0.2, 0.25) is 0 Å². The van der Waals surface area contributed by atoms with E-state index >= 15 is 0 Å². The van der Waals surface area contributed by atoms with Crippen molar-refractivity contribution >= 4 is 17.4 Å². The minimum absolute atomic E-state index is 0.423. The molecule has 0 amide bonds. The minimum atomic E-state index is 0.423. The van der Waals surface area contributed by atoms with Gasteiger partial charge in [-0.1, -0.05) is 49.2 Å². The third kappa shape index (κ3) is 8.53. The molecular weight excluding hydrogens is 344 g/mol. The van der Waals surface area contributed by atoms with Gasteiger partial charge in [0, 0.05) is 13.1 Å². The molecule has 2 aromatic rings. The molecule has 0 saturated carbocycles. The Balaban J connectivity index is 1.43. The highest BCUT2D eigenvalue weighted by Gasteiger charge is 1.99. The second-order valence-electron chi connectivity index (χ2n) is 5.81. The molecular formula is C21H26N2O2S. The van der Waals surface area contributed by atoms with Crippen LogP contribution in [0.5, 0.6) is 11.5 Å². The number of thiocarbonyl (C=S) groups is 1. The van der Waals surface area contributed by atoms with E-state index in [2.05, 4.69) is 17.2 Å². The summed E-state index contributed by atoms with van der Waals surface area (Å²) in [6.45, 7) is 5.56.